The van der Waals surface area contributed by atoms with E-state index >= 15 is 0 Å². The zero-order valence-corrected chi connectivity index (χ0v) is 13.1. The van der Waals surface area contributed by atoms with Crippen LogP contribution < -0.4 is 5.32 Å². The maximum Gasteiger partial charge on any atom is 0.233 e. The molecule has 0 radical (unpaired) electrons. The molecule has 2 aromatic rings. The van der Waals surface area contributed by atoms with E-state index in [9.17, 15) is 9.59 Å². The number of amides is 2. The molecule has 1 aliphatic heterocycles. The molecule has 0 aliphatic carbocycles. The molecule has 0 fully saturated rings. The van der Waals surface area contributed by atoms with Crippen LogP contribution in [-0.2, 0) is 22.6 Å². The van der Waals surface area contributed by atoms with E-state index in [1.165, 1.54) is 5.56 Å². The second-order valence-electron chi connectivity index (χ2n) is 5.75. The summed E-state index contributed by atoms with van der Waals surface area (Å²) < 4.78 is 0. The second kappa shape index (κ2) is 6.60. The number of nitrogens with zero attached hydrogens (tertiary/aromatic N) is 2. The van der Waals surface area contributed by atoms with Gasteiger partial charge in [-0.1, -0.05) is 24.3 Å². The lowest BCUT2D eigenvalue weighted by Crippen LogP contribution is -2.37. The molecule has 1 N–H and O–H groups in total. The molecule has 2 amide bonds. The minimum atomic E-state index is -0.306. The lowest BCUT2D eigenvalue weighted by molar-refractivity contribution is -0.135. The lowest BCUT2D eigenvalue weighted by Gasteiger charge is -2.28. The molecule has 0 spiro atoms. The molecule has 3 rings (SSSR count). The van der Waals surface area contributed by atoms with E-state index in [0.717, 1.165) is 17.7 Å². The van der Waals surface area contributed by atoms with Crippen molar-refractivity contribution < 1.29 is 9.59 Å². The first-order valence-corrected chi connectivity index (χ1v) is 7.69. The Balaban J connectivity index is 1.57. The quantitative estimate of drug-likeness (QED) is 0.885. The van der Waals surface area contributed by atoms with Crippen LogP contribution in [0.1, 0.15) is 23.2 Å². The molecule has 1 aromatic heterocycles. The van der Waals surface area contributed by atoms with Gasteiger partial charge in [0, 0.05) is 18.8 Å². The van der Waals surface area contributed by atoms with Crippen molar-refractivity contribution in [3.05, 3.63) is 59.4 Å². The Morgan fingerprint density at radius 1 is 1.17 bits per heavy atom. The summed E-state index contributed by atoms with van der Waals surface area (Å²) in [6.45, 7) is 3.12. The van der Waals surface area contributed by atoms with E-state index in [0.29, 0.717) is 18.8 Å². The summed E-state index contributed by atoms with van der Waals surface area (Å²) in [6, 6.07) is 11.7. The molecular formula is C18H19N3O2. The molecule has 118 valence electrons. The number of carbonyl (C=O) groups is 2. The topological polar surface area (TPSA) is 62.3 Å². The highest BCUT2D eigenvalue weighted by atomic mass is 16.2. The normalized spacial score (nSPS) is 13.3. The van der Waals surface area contributed by atoms with Gasteiger partial charge in [0.15, 0.2) is 0 Å². The highest BCUT2D eigenvalue weighted by Crippen LogP contribution is 2.19. The Kier molecular flexibility index (Phi) is 4.37. The summed E-state index contributed by atoms with van der Waals surface area (Å²) in [6.07, 6.45) is 2.29. The Bertz CT molecular complexity index is 725. The number of nitrogens with one attached hydrogen (secondary N) is 1. The van der Waals surface area contributed by atoms with Crippen molar-refractivity contribution in [2.45, 2.75) is 26.3 Å². The van der Waals surface area contributed by atoms with Crippen LogP contribution in [0.3, 0.4) is 0 Å². The third kappa shape index (κ3) is 3.74. The van der Waals surface area contributed by atoms with Gasteiger partial charge in [0.1, 0.15) is 6.42 Å². The van der Waals surface area contributed by atoms with Gasteiger partial charge in [0.05, 0.1) is 11.9 Å². The van der Waals surface area contributed by atoms with E-state index in [1.54, 1.807) is 17.2 Å². The summed E-state index contributed by atoms with van der Waals surface area (Å²) in [5, 5.41) is 2.71. The highest BCUT2D eigenvalue weighted by molar-refractivity contribution is 6.03. The average Bonchev–Trinajstić information content (AvgIpc) is 2.56. The third-order valence-corrected chi connectivity index (χ3v) is 3.99. The first-order chi connectivity index (χ1) is 11.1. The number of rotatable bonds is 3. The van der Waals surface area contributed by atoms with Gasteiger partial charge in [-0.05, 0) is 36.6 Å². The Morgan fingerprint density at radius 3 is 2.70 bits per heavy atom. The SMILES string of the molecule is Cc1ccc(NC(=O)CC(=O)N2CCc3ccccc3C2)cn1. The standard InChI is InChI=1S/C18H19N3O2/c1-13-6-7-16(11-19-13)20-17(22)10-18(23)21-9-8-14-4-2-3-5-15(14)12-21/h2-7,11H,8-10,12H2,1H3,(H,20,22). The first kappa shape index (κ1) is 15.2. The molecule has 1 aliphatic rings. The van der Waals surface area contributed by atoms with Crippen LogP contribution in [0.5, 0.6) is 0 Å². The molecule has 0 atom stereocenters. The molecule has 1 aromatic carbocycles. The predicted octanol–water partition coefficient (Wildman–Crippen LogP) is 2.30. The van der Waals surface area contributed by atoms with Crippen LogP contribution in [0.15, 0.2) is 42.6 Å². The van der Waals surface area contributed by atoms with Crippen molar-refractivity contribution in [3.8, 4) is 0 Å². The second-order valence-corrected chi connectivity index (χ2v) is 5.75. The minimum Gasteiger partial charge on any atom is -0.338 e. The average molecular weight is 309 g/mol. The lowest BCUT2D eigenvalue weighted by atomic mass is 10.00. The van der Waals surface area contributed by atoms with Crippen LogP contribution >= 0.6 is 0 Å². The van der Waals surface area contributed by atoms with E-state index in [4.69, 9.17) is 0 Å². The molecule has 2 heterocycles. The van der Waals surface area contributed by atoms with Crippen molar-refractivity contribution in [3.63, 3.8) is 0 Å². The van der Waals surface area contributed by atoms with Crippen LogP contribution in [0.2, 0.25) is 0 Å². The summed E-state index contributed by atoms with van der Waals surface area (Å²) in [5.41, 5.74) is 3.94. The van der Waals surface area contributed by atoms with Crippen molar-refractivity contribution in [2.24, 2.45) is 0 Å². The van der Waals surface area contributed by atoms with Gasteiger partial charge in [0.25, 0.3) is 0 Å². The fourth-order valence-corrected chi connectivity index (χ4v) is 2.70. The van der Waals surface area contributed by atoms with Crippen LogP contribution in [-0.4, -0.2) is 28.2 Å². The van der Waals surface area contributed by atoms with Gasteiger partial charge in [-0.25, -0.2) is 0 Å². The van der Waals surface area contributed by atoms with Gasteiger partial charge in [-0.15, -0.1) is 0 Å². The molecule has 0 saturated carbocycles. The summed E-state index contributed by atoms with van der Waals surface area (Å²) in [4.78, 5) is 30.2. The molecular weight excluding hydrogens is 290 g/mol. The van der Waals surface area contributed by atoms with Crippen molar-refractivity contribution in [1.29, 1.82) is 0 Å². The first-order valence-electron chi connectivity index (χ1n) is 7.69. The number of benzene rings is 1. The Hall–Kier alpha value is -2.69. The summed E-state index contributed by atoms with van der Waals surface area (Å²) in [7, 11) is 0. The van der Waals surface area contributed by atoms with Crippen molar-refractivity contribution in [2.75, 3.05) is 11.9 Å². The molecule has 5 nitrogen and oxygen atoms in total. The van der Waals surface area contributed by atoms with Gasteiger partial charge < -0.3 is 10.2 Å². The Morgan fingerprint density at radius 2 is 1.96 bits per heavy atom. The molecule has 0 bridgehead atoms. The number of hydrogen-bond donors (Lipinski definition) is 1. The van der Waals surface area contributed by atoms with Gasteiger partial charge in [-0.3, -0.25) is 14.6 Å². The number of hydrogen-bond acceptors (Lipinski definition) is 3. The minimum absolute atomic E-state index is 0.142. The number of aromatic nitrogens is 1. The van der Waals surface area contributed by atoms with E-state index in [2.05, 4.69) is 16.4 Å². The van der Waals surface area contributed by atoms with Crippen LogP contribution in [0.4, 0.5) is 5.69 Å². The van der Waals surface area contributed by atoms with Gasteiger partial charge >= 0.3 is 0 Å². The third-order valence-electron chi connectivity index (χ3n) is 3.99. The number of pyridine rings is 1. The van der Waals surface area contributed by atoms with E-state index in [-0.39, 0.29) is 18.2 Å². The molecule has 23 heavy (non-hydrogen) atoms. The predicted molar refractivity (Wildman–Crippen MR) is 87.8 cm³/mol. The van der Waals surface area contributed by atoms with Crippen LogP contribution in [0.25, 0.3) is 0 Å². The number of fused-ring (bicyclic) bond motifs is 1. The largest absolute Gasteiger partial charge is 0.338 e. The summed E-state index contributed by atoms with van der Waals surface area (Å²) >= 11 is 0. The number of aryl methyl sites for hydroxylation is 1. The van der Waals surface area contributed by atoms with Crippen LogP contribution in [0, 0.1) is 6.92 Å². The van der Waals surface area contributed by atoms with Gasteiger partial charge in [-0.2, -0.15) is 0 Å². The van der Waals surface area contributed by atoms with E-state index in [1.807, 2.05) is 31.2 Å². The van der Waals surface area contributed by atoms with Crippen molar-refractivity contribution in [1.82, 2.24) is 9.88 Å². The monoisotopic (exact) mass is 309 g/mol. The fourth-order valence-electron chi connectivity index (χ4n) is 2.70. The zero-order chi connectivity index (χ0) is 16.2. The number of anilines is 1. The number of carbonyl (C=O) groups excluding carboxylic acids is 2. The Labute approximate surface area is 135 Å². The maximum absolute atomic E-state index is 12.3. The summed E-state index contributed by atoms with van der Waals surface area (Å²) in [5.74, 6) is -0.448. The van der Waals surface area contributed by atoms with Gasteiger partial charge in [0.2, 0.25) is 11.8 Å². The molecule has 0 unspecified atom stereocenters. The zero-order valence-electron chi connectivity index (χ0n) is 13.1. The smallest absolute Gasteiger partial charge is 0.233 e. The van der Waals surface area contributed by atoms with Crippen molar-refractivity contribution >= 4 is 17.5 Å². The molecule has 5 heteroatoms. The molecule has 0 saturated heterocycles. The maximum atomic E-state index is 12.3. The highest BCUT2D eigenvalue weighted by Gasteiger charge is 2.22. The fraction of sp³-hybridized carbons (Fsp3) is 0.278. The van der Waals surface area contributed by atoms with E-state index < -0.39 is 0 Å².